The van der Waals surface area contributed by atoms with Crippen LogP contribution in [0.15, 0.2) is 0 Å². The Morgan fingerprint density at radius 3 is 2.53 bits per heavy atom. The molecule has 1 heterocycles. The van der Waals surface area contributed by atoms with E-state index in [2.05, 4.69) is 4.90 Å². The van der Waals surface area contributed by atoms with E-state index >= 15 is 0 Å². The van der Waals surface area contributed by atoms with Crippen LogP contribution in [0.4, 0.5) is 0 Å². The summed E-state index contributed by atoms with van der Waals surface area (Å²) in [6.07, 6.45) is 1.24. The lowest BCUT2D eigenvalue weighted by Crippen LogP contribution is -2.36. The normalized spacial score (nSPS) is 18.9. The molecule has 1 aliphatic rings. The molecule has 0 aromatic carbocycles. The van der Waals surface area contributed by atoms with Gasteiger partial charge in [0, 0.05) is 39.0 Å². The van der Waals surface area contributed by atoms with Gasteiger partial charge >= 0.3 is 5.97 Å². The fraction of sp³-hybridized carbons (Fsp3) is 0.846. The first-order chi connectivity index (χ1) is 9.02. The highest BCUT2D eigenvalue weighted by molar-refractivity contribution is 5.77. The molecular formula is C13H24N2O4. The van der Waals surface area contributed by atoms with Crippen molar-refractivity contribution in [1.29, 1.82) is 0 Å². The Kier molecular flexibility index (Phi) is 6.80. The summed E-state index contributed by atoms with van der Waals surface area (Å²) in [4.78, 5) is 26.6. The quantitative estimate of drug-likeness (QED) is 0.712. The van der Waals surface area contributed by atoms with E-state index in [4.69, 9.17) is 10.2 Å². The Balaban J connectivity index is 2.38. The summed E-state index contributed by atoms with van der Waals surface area (Å²) in [6.45, 7) is 5.65. The van der Waals surface area contributed by atoms with Gasteiger partial charge in [-0.05, 0) is 18.9 Å². The molecule has 0 aromatic heterocycles. The van der Waals surface area contributed by atoms with Gasteiger partial charge in [-0.2, -0.15) is 0 Å². The van der Waals surface area contributed by atoms with Crippen molar-refractivity contribution in [3.05, 3.63) is 0 Å². The van der Waals surface area contributed by atoms with E-state index in [-0.39, 0.29) is 24.9 Å². The first kappa shape index (κ1) is 15.9. The predicted molar refractivity (Wildman–Crippen MR) is 70.8 cm³/mol. The summed E-state index contributed by atoms with van der Waals surface area (Å²) in [5.74, 6) is -0.938. The SMILES string of the molecule is CC(CC(=O)O)CC(=O)N1CCCN(CCO)CC1. The Morgan fingerprint density at radius 1 is 1.16 bits per heavy atom. The number of aliphatic hydroxyl groups excluding tert-OH is 1. The molecule has 0 bridgehead atoms. The molecule has 0 saturated carbocycles. The van der Waals surface area contributed by atoms with Crippen LogP contribution in [0.5, 0.6) is 0 Å². The molecule has 1 aliphatic heterocycles. The van der Waals surface area contributed by atoms with E-state index in [1.165, 1.54) is 0 Å². The minimum atomic E-state index is -0.856. The van der Waals surface area contributed by atoms with Crippen molar-refractivity contribution in [1.82, 2.24) is 9.80 Å². The summed E-state index contributed by atoms with van der Waals surface area (Å²) in [5, 5.41) is 17.6. The summed E-state index contributed by atoms with van der Waals surface area (Å²) < 4.78 is 0. The molecule has 2 N–H and O–H groups in total. The molecule has 0 spiro atoms. The number of aliphatic hydroxyl groups is 1. The predicted octanol–water partition coefficient (Wildman–Crippen LogP) is 0.0139. The van der Waals surface area contributed by atoms with Crippen LogP contribution in [-0.2, 0) is 9.59 Å². The molecule has 1 rings (SSSR count). The first-order valence-electron chi connectivity index (χ1n) is 6.85. The Labute approximate surface area is 114 Å². The second-order valence-electron chi connectivity index (χ2n) is 5.21. The lowest BCUT2D eigenvalue weighted by molar-refractivity contribution is -0.138. The second-order valence-corrected chi connectivity index (χ2v) is 5.21. The van der Waals surface area contributed by atoms with Crippen molar-refractivity contribution >= 4 is 11.9 Å². The lowest BCUT2D eigenvalue weighted by atomic mass is 10.0. The van der Waals surface area contributed by atoms with Gasteiger partial charge in [0.15, 0.2) is 0 Å². The largest absolute Gasteiger partial charge is 0.481 e. The van der Waals surface area contributed by atoms with Crippen LogP contribution >= 0.6 is 0 Å². The van der Waals surface area contributed by atoms with E-state index in [9.17, 15) is 9.59 Å². The van der Waals surface area contributed by atoms with E-state index < -0.39 is 5.97 Å². The summed E-state index contributed by atoms with van der Waals surface area (Å²) in [7, 11) is 0. The number of β-amino-alcohol motifs (C(OH)–C–C–N with tert-alkyl or cyclic N) is 1. The zero-order valence-corrected chi connectivity index (χ0v) is 11.5. The van der Waals surface area contributed by atoms with Crippen LogP contribution in [0.1, 0.15) is 26.2 Å². The third-order valence-electron chi connectivity index (χ3n) is 3.40. The van der Waals surface area contributed by atoms with Gasteiger partial charge in [0.25, 0.3) is 0 Å². The monoisotopic (exact) mass is 272 g/mol. The Morgan fingerprint density at radius 2 is 1.89 bits per heavy atom. The zero-order chi connectivity index (χ0) is 14.3. The van der Waals surface area contributed by atoms with Gasteiger partial charge < -0.3 is 15.1 Å². The first-order valence-corrected chi connectivity index (χ1v) is 6.85. The van der Waals surface area contributed by atoms with E-state index in [1.807, 2.05) is 4.90 Å². The number of aliphatic carboxylic acids is 1. The fourth-order valence-electron chi connectivity index (χ4n) is 2.38. The molecule has 1 unspecified atom stereocenters. The minimum Gasteiger partial charge on any atom is -0.481 e. The van der Waals surface area contributed by atoms with Crippen LogP contribution < -0.4 is 0 Å². The number of nitrogens with zero attached hydrogens (tertiary/aromatic N) is 2. The average Bonchev–Trinajstić information content (AvgIpc) is 2.54. The highest BCUT2D eigenvalue weighted by Gasteiger charge is 2.21. The van der Waals surface area contributed by atoms with Crippen molar-refractivity contribution in [2.24, 2.45) is 5.92 Å². The minimum absolute atomic E-state index is 0.0379. The molecule has 0 aliphatic carbocycles. The lowest BCUT2D eigenvalue weighted by Gasteiger charge is -2.22. The highest BCUT2D eigenvalue weighted by Crippen LogP contribution is 2.12. The van der Waals surface area contributed by atoms with Gasteiger partial charge in [-0.3, -0.25) is 14.5 Å². The number of hydrogen-bond donors (Lipinski definition) is 2. The molecule has 6 nitrogen and oxygen atoms in total. The van der Waals surface area contributed by atoms with Gasteiger partial charge in [0.2, 0.25) is 5.91 Å². The Hall–Kier alpha value is -1.14. The van der Waals surface area contributed by atoms with Crippen molar-refractivity contribution in [2.45, 2.75) is 26.2 Å². The van der Waals surface area contributed by atoms with Crippen molar-refractivity contribution in [3.63, 3.8) is 0 Å². The van der Waals surface area contributed by atoms with Gasteiger partial charge in [0.05, 0.1) is 6.61 Å². The van der Waals surface area contributed by atoms with Crippen LogP contribution in [0.25, 0.3) is 0 Å². The van der Waals surface area contributed by atoms with Gasteiger partial charge in [0.1, 0.15) is 0 Å². The number of rotatable bonds is 6. The summed E-state index contributed by atoms with van der Waals surface area (Å²) in [6, 6.07) is 0. The molecule has 1 saturated heterocycles. The van der Waals surface area contributed by atoms with Crippen LogP contribution in [0, 0.1) is 5.92 Å². The number of carbonyl (C=O) groups is 2. The van der Waals surface area contributed by atoms with Gasteiger partial charge in [-0.1, -0.05) is 6.92 Å². The van der Waals surface area contributed by atoms with Crippen molar-refractivity contribution < 1.29 is 19.8 Å². The number of carboxylic acids is 1. The third kappa shape index (κ3) is 6.02. The molecule has 1 amide bonds. The van der Waals surface area contributed by atoms with Gasteiger partial charge in [-0.25, -0.2) is 0 Å². The zero-order valence-electron chi connectivity index (χ0n) is 11.5. The number of hydrogen-bond acceptors (Lipinski definition) is 4. The van der Waals surface area contributed by atoms with E-state index in [1.54, 1.807) is 6.92 Å². The average molecular weight is 272 g/mol. The molecule has 6 heteroatoms. The van der Waals surface area contributed by atoms with Crippen LogP contribution in [0.2, 0.25) is 0 Å². The maximum atomic E-state index is 12.1. The van der Waals surface area contributed by atoms with Gasteiger partial charge in [-0.15, -0.1) is 0 Å². The Bertz CT molecular complexity index is 309. The molecule has 0 aromatic rings. The molecule has 110 valence electrons. The smallest absolute Gasteiger partial charge is 0.303 e. The molecule has 1 fully saturated rings. The van der Waals surface area contributed by atoms with E-state index in [0.29, 0.717) is 19.5 Å². The molecule has 1 atom stereocenters. The van der Waals surface area contributed by atoms with Crippen molar-refractivity contribution in [3.8, 4) is 0 Å². The molecule has 0 radical (unpaired) electrons. The highest BCUT2D eigenvalue weighted by atomic mass is 16.4. The van der Waals surface area contributed by atoms with Crippen molar-refractivity contribution in [2.75, 3.05) is 39.3 Å². The molecule has 19 heavy (non-hydrogen) atoms. The maximum Gasteiger partial charge on any atom is 0.303 e. The number of carbonyl (C=O) groups excluding carboxylic acids is 1. The number of carboxylic acid groups (broad SMARTS) is 1. The van der Waals surface area contributed by atoms with Crippen LogP contribution in [0.3, 0.4) is 0 Å². The summed E-state index contributed by atoms with van der Waals surface area (Å²) >= 11 is 0. The van der Waals surface area contributed by atoms with E-state index in [0.717, 1.165) is 26.1 Å². The maximum absolute atomic E-state index is 12.1. The molecular weight excluding hydrogens is 248 g/mol. The topological polar surface area (TPSA) is 81.1 Å². The standard InChI is InChI=1S/C13H24N2O4/c1-11(10-13(18)19)9-12(17)15-4-2-3-14(5-6-15)7-8-16/h11,16H,2-10H2,1H3,(H,18,19). The van der Waals surface area contributed by atoms with Crippen LogP contribution in [-0.4, -0.2) is 71.2 Å². The number of amides is 1. The fourth-order valence-corrected chi connectivity index (χ4v) is 2.38. The second kappa shape index (κ2) is 8.12. The summed E-state index contributed by atoms with van der Waals surface area (Å²) in [5.41, 5.74) is 0. The third-order valence-corrected chi connectivity index (χ3v) is 3.40.